The van der Waals surface area contributed by atoms with Crippen LogP contribution in [0, 0.1) is 5.41 Å². The first kappa shape index (κ1) is 11.9. The lowest BCUT2D eigenvalue weighted by Gasteiger charge is -2.27. The van der Waals surface area contributed by atoms with Crippen molar-refractivity contribution in [2.75, 3.05) is 11.5 Å². The molecular formula is C10H20N2OS. The molecule has 82 valence electrons. The van der Waals surface area contributed by atoms with Gasteiger partial charge in [0.15, 0.2) is 0 Å². The lowest BCUT2D eigenvalue weighted by atomic mass is 9.87. The minimum atomic E-state index is -0.409. The number of thioether (sulfide) groups is 1. The summed E-state index contributed by atoms with van der Waals surface area (Å²) >= 11 is 1.89. The Balaban J connectivity index is 2.41. The van der Waals surface area contributed by atoms with E-state index in [-0.39, 0.29) is 11.3 Å². The molecule has 0 aromatic rings. The van der Waals surface area contributed by atoms with Gasteiger partial charge >= 0.3 is 0 Å². The lowest BCUT2D eigenvalue weighted by Crippen LogP contribution is -2.51. The zero-order valence-electron chi connectivity index (χ0n) is 9.17. The van der Waals surface area contributed by atoms with Crippen LogP contribution in [-0.2, 0) is 4.79 Å². The average molecular weight is 216 g/mol. The highest BCUT2D eigenvalue weighted by molar-refractivity contribution is 7.99. The highest BCUT2D eigenvalue weighted by atomic mass is 32.2. The molecule has 3 nitrogen and oxygen atoms in total. The van der Waals surface area contributed by atoms with Gasteiger partial charge < -0.3 is 11.1 Å². The van der Waals surface area contributed by atoms with Crippen molar-refractivity contribution in [2.24, 2.45) is 11.1 Å². The van der Waals surface area contributed by atoms with E-state index in [0.29, 0.717) is 6.04 Å². The summed E-state index contributed by atoms with van der Waals surface area (Å²) in [5, 5.41) is 3.00. The summed E-state index contributed by atoms with van der Waals surface area (Å²) in [6, 6.07) is -0.0750. The molecule has 1 aliphatic rings. The van der Waals surface area contributed by atoms with E-state index in [1.807, 2.05) is 32.5 Å². The number of nitrogens with two attached hydrogens (primary N) is 1. The van der Waals surface area contributed by atoms with E-state index in [9.17, 15) is 4.79 Å². The Morgan fingerprint density at radius 3 is 2.64 bits per heavy atom. The third kappa shape index (κ3) is 3.17. The van der Waals surface area contributed by atoms with Crippen molar-refractivity contribution in [1.29, 1.82) is 0 Å². The van der Waals surface area contributed by atoms with Gasteiger partial charge in [0.1, 0.15) is 0 Å². The topological polar surface area (TPSA) is 55.1 Å². The first-order valence-corrected chi connectivity index (χ1v) is 6.20. The van der Waals surface area contributed by atoms with Crippen LogP contribution in [0.2, 0.25) is 0 Å². The molecule has 0 saturated carbocycles. The van der Waals surface area contributed by atoms with Crippen LogP contribution < -0.4 is 11.1 Å². The monoisotopic (exact) mass is 216 g/mol. The summed E-state index contributed by atoms with van der Waals surface area (Å²) in [7, 11) is 0. The van der Waals surface area contributed by atoms with Crippen LogP contribution in [0.25, 0.3) is 0 Å². The second-order valence-electron chi connectivity index (χ2n) is 4.91. The van der Waals surface area contributed by atoms with E-state index in [0.717, 1.165) is 17.9 Å². The van der Waals surface area contributed by atoms with Crippen molar-refractivity contribution in [3.05, 3.63) is 0 Å². The standard InChI is InChI=1S/C10H20N2OS/c1-10(2,3)8(11)9(13)12-7-4-5-14-6-7/h7-8H,4-6,11H2,1-3H3,(H,12,13)/t7?,8-/m0/s1. The number of carbonyl (C=O) groups excluding carboxylic acids is 1. The van der Waals surface area contributed by atoms with E-state index in [4.69, 9.17) is 5.73 Å². The van der Waals surface area contributed by atoms with Crippen molar-refractivity contribution in [3.63, 3.8) is 0 Å². The number of rotatable bonds is 2. The van der Waals surface area contributed by atoms with Crippen LogP contribution in [0.4, 0.5) is 0 Å². The van der Waals surface area contributed by atoms with Crippen LogP contribution in [0.15, 0.2) is 0 Å². The fourth-order valence-electron chi connectivity index (χ4n) is 1.33. The second-order valence-corrected chi connectivity index (χ2v) is 6.06. The fourth-order valence-corrected chi connectivity index (χ4v) is 2.48. The molecule has 2 atom stereocenters. The summed E-state index contributed by atoms with van der Waals surface area (Å²) in [6.45, 7) is 5.96. The molecule has 1 unspecified atom stereocenters. The molecule has 1 aliphatic heterocycles. The molecule has 0 aliphatic carbocycles. The third-order valence-corrected chi connectivity index (χ3v) is 3.65. The van der Waals surface area contributed by atoms with Gasteiger partial charge in [-0.25, -0.2) is 0 Å². The first-order chi connectivity index (χ1) is 6.41. The molecule has 0 radical (unpaired) electrons. The minimum absolute atomic E-state index is 0.00926. The van der Waals surface area contributed by atoms with Crippen LogP contribution in [0.3, 0.4) is 0 Å². The lowest BCUT2D eigenvalue weighted by molar-refractivity contribution is -0.125. The Kier molecular flexibility index (Phi) is 3.84. The molecular weight excluding hydrogens is 196 g/mol. The van der Waals surface area contributed by atoms with Crippen LogP contribution in [0.5, 0.6) is 0 Å². The van der Waals surface area contributed by atoms with Gasteiger partial charge in [-0.05, 0) is 17.6 Å². The quantitative estimate of drug-likeness (QED) is 0.723. The van der Waals surface area contributed by atoms with Crippen molar-refractivity contribution >= 4 is 17.7 Å². The van der Waals surface area contributed by atoms with Crippen molar-refractivity contribution < 1.29 is 4.79 Å². The van der Waals surface area contributed by atoms with Gasteiger partial charge in [0.2, 0.25) is 5.91 Å². The highest BCUT2D eigenvalue weighted by Gasteiger charge is 2.29. The smallest absolute Gasteiger partial charge is 0.237 e. The van der Waals surface area contributed by atoms with Gasteiger partial charge in [-0.15, -0.1) is 0 Å². The number of hydrogen-bond donors (Lipinski definition) is 2. The van der Waals surface area contributed by atoms with Crippen molar-refractivity contribution in [1.82, 2.24) is 5.32 Å². The van der Waals surface area contributed by atoms with Crippen LogP contribution >= 0.6 is 11.8 Å². The highest BCUT2D eigenvalue weighted by Crippen LogP contribution is 2.20. The Morgan fingerprint density at radius 1 is 1.57 bits per heavy atom. The Morgan fingerprint density at radius 2 is 2.21 bits per heavy atom. The molecule has 3 N–H and O–H groups in total. The molecule has 1 amide bonds. The predicted molar refractivity (Wildman–Crippen MR) is 61.3 cm³/mol. The van der Waals surface area contributed by atoms with Gasteiger partial charge in [-0.1, -0.05) is 20.8 Å². The maximum absolute atomic E-state index is 11.7. The second kappa shape index (κ2) is 4.53. The average Bonchev–Trinajstić information content (AvgIpc) is 2.53. The molecule has 0 aromatic heterocycles. The Hall–Kier alpha value is -0.220. The van der Waals surface area contributed by atoms with Crippen LogP contribution in [0.1, 0.15) is 27.2 Å². The Labute approximate surface area is 90.2 Å². The van der Waals surface area contributed by atoms with Crippen molar-refractivity contribution in [2.45, 2.75) is 39.3 Å². The normalized spacial score (nSPS) is 24.7. The Bertz CT molecular complexity index is 207. The molecule has 1 rings (SSSR count). The van der Waals surface area contributed by atoms with E-state index in [1.165, 1.54) is 0 Å². The molecule has 0 bridgehead atoms. The zero-order chi connectivity index (χ0) is 10.8. The van der Waals surface area contributed by atoms with Gasteiger partial charge in [0.05, 0.1) is 6.04 Å². The maximum atomic E-state index is 11.7. The van der Waals surface area contributed by atoms with Gasteiger partial charge in [-0.3, -0.25) is 4.79 Å². The number of carbonyl (C=O) groups is 1. The minimum Gasteiger partial charge on any atom is -0.351 e. The van der Waals surface area contributed by atoms with E-state index in [1.54, 1.807) is 0 Å². The van der Waals surface area contributed by atoms with E-state index in [2.05, 4.69) is 5.32 Å². The summed E-state index contributed by atoms with van der Waals surface area (Å²) < 4.78 is 0. The molecule has 14 heavy (non-hydrogen) atoms. The summed E-state index contributed by atoms with van der Waals surface area (Å²) in [5.74, 6) is 2.17. The van der Waals surface area contributed by atoms with Gasteiger partial charge in [0.25, 0.3) is 0 Å². The molecule has 0 aromatic carbocycles. The van der Waals surface area contributed by atoms with Gasteiger partial charge in [-0.2, -0.15) is 11.8 Å². The SMILES string of the molecule is CC(C)(C)[C@@H](N)C(=O)NC1CCSC1. The third-order valence-electron chi connectivity index (χ3n) is 2.49. The first-order valence-electron chi connectivity index (χ1n) is 5.05. The molecule has 1 heterocycles. The van der Waals surface area contributed by atoms with E-state index < -0.39 is 6.04 Å². The molecule has 4 heteroatoms. The fraction of sp³-hybridized carbons (Fsp3) is 0.900. The van der Waals surface area contributed by atoms with Crippen LogP contribution in [-0.4, -0.2) is 29.5 Å². The maximum Gasteiger partial charge on any atom is 0.237 e. The largest absolute Gasteiger partial charge is 0.351 e. The number of nitrogens with one attached hydrogen (secondary N) is 1. The number of amides is 1. The summed E-state index contributed by atoms with van der Waals surface area (Å²) in [6.07, 6.45) is 1.08. The molecule has 0 spiro atoms. The van der Waals surface area contributed by atoms with E-state index >= 15 is 0 Å². The number of hydrogen-bond acceptors (Lipinski definition) is 3. The summed E-state index contributed by atoms with van der Waals surface area (Å²) in [5.41, 5.74) is 5.70. The van der Waals surface area contributed by atoms with Crippen molar-refractivity contribution in [3.8, 4) is 0 Å². The molecule has 1 fully saturated rings. The summed E-state index contributed by atoms with van der Waals surface area (Å²) in [4.78, 5) is 11.7. The zero-order valence-corrected chi connectivity index (χ0v) is 9.99. The van der Waals surface area contributed by atoms with Gasteiger partial charge in [0, 0.05) is 11.8 Å². The molecule has 1 saturated heterocycles. The predicted octanol–water partition coefficient (Wildman–Crippen LogP) is 0.982.